The van der Waals surface area contributed by atoms with Gasteiger partial charge in [-0.1, -0.05) is 13.8 Å². The number of primary amides is 1. The predicted molar refractivity (Wildman–Crippen MR) is 60.5 cm³/mol. The summed E-state index contributed by atoms with van der Waals surface area (Å²) in [6.45, 7) is 4.04. The third kappa shape index (κ3) is 2.51. The molecule has 0 radical (unpaired) electrons. The van der Waals surface area contributed by atoms with Crippen LogP contribution in [0.1, 0.15) is 48.8 Å². The number of carbonyl (C=O) groups excluding carboxylic acids is 1. The molecular formula is C12H16N2O2. The van der Waals surface area contributed by atoms with Crippen LogP contribution in [0.5, 0.6) is 5.75 Å². The number of rotatable bonds is 4. The first-order valence-corrected chi connectivity index (χ1v) is 5.54. The Labute approximate surface area is 94.8 Å². The summed E-state index contributed by atoms with van der Waals surface area (Å²) in [7, 11) is 0. The molecule has 1 heterocycles. The lowest BCUT2D eigenvalue weighted by Crippen LogP contribution is -2.15. The molecular weight excluding hydrogens is 204 g/mol. The van der Waals surface area contributed by atoms with E-state index in [1.807, 2.05) is 19.9 Å². The Hall–Kier alpha value is -1.58. The molecule has 0 bridgehead atoms. The number of nitrogens with two attached hydrogens (primary N) is 1. The van der Waals surface area contributed by atoms with E-state index in [1.54, 1.807) is 6.07 Å². The fourth-order valence-electron chi connectivity index (χ4n) is 1.39. The van der Waals surface area contributed by atoms with Crippen molar-refractivity contribution in [1.82, 2.24) is 4.98 Å². The van der Waals surface area contributed by atoms with Crippen molar-refractivity contribution in [3.05, 3.63) is 23.5 Å². The third-order valence-corrected chi connectivity index (χ3v) is 2.49. The van der Waals surface area contributed by atoms with Crippen molar-refractivity contribution in [2.24, 2.45) is 5.73 Å². The number of amides is 1. The molecule has 0 unspecified atom stereocenters. The molecule has 1 saturated carbocycles. The van der Waals surface area contributed by atoms with Crippen LogP contribution in [-0.2, 0) is 0 Å². The Bertz CT molecular complexity index is 411. The highest BCUT2D eigenvalue weighted by Gasteiger charge is 2.24. The summed E-state index contributed by atoms with van der Waals surface area (Å²) >= 11 is 0. The smallest absolute Gasteiger partial charge is 0.267 e. The van der Waals surface area contributed by atoms with E-state index < -0.39 is 5.91 Å². The number of pyridine rings is 1. The van der Waals surface area contributed by atoms with Gasteiger partial charge in [-0.15, -0.1) is 0 Å². The Balaban J connectivity index is 2.31. The third-order valence-electron chi connectivity index (χ3n) is 2.49. The molecule has 0 spiro atoms. The molecule has 0 aliphatic heterocycles. The van der Waals surface area contributed by atoms with Gasteiger partial charge in [0.1, 0.15) is 11.4 Å². The summed E-state index contributed by atoms with van der Waals surface area (Å²) in [6, 6.07) is 3.50. The van der Waals surface area contributed by atoms with Crippen LogP contribution in [0, 0.1) is 0 Å². The van der Waals surface area contributed by atoms with Gasteiger partial charge in [-0.05, 0) is 18.8 Å². The maximum atomic E-state index is 11.1. The van der Waals surface area contributed by atoms with Crippen LogP contribution < -0.4 is 10.5 Å². The van der Waals surface area contributed by atoms with Gasteiger partial charge in [-0.25, -0.2) is 4.98 Å². The fraction of sp³-hybridized carbons (Fsp3) is 0.500. The van der Waals surface area contributed by atoms with Gasteiger partial charge < -0.3 is 10.5 Å². The molecule has 1 aliphatic carbocycles. The van der Waals surface area contributed by atoms with E-state index in [4.69, 9.17) is 10.5 Å². The van der Waals surface area contributed by atoms with Crippen LogP contribution in [0.4, 0.5) is 0 Å². The Kier molecular flexibility index (Phi) is 2.81. The van der Waals surface area contributed by atoms with Crippen molar-refractivity contribution in [3.63, 3.8) is 0 Å². The van der Waals surface area contributed by atoms with Gasteiger partial charge in [0.25, 0.3) is 5.91 Å². The lowest BCUT2D eigenvalue weighted by molar-refractivity contribution is 0.0994. The van der Waals surface area contributed by atoms with Crippen LogP contribution in [0.2, 0.25) is 0 Å². The summed E-state index contributed by atoms with van der Waals surface area (Å²) < 4.78 is 5.66. The van der Waals surface area contributed by atoms with Crippen LogP contribution >= 0.6 is 0 Å². The minimum absolute atomic E-state index is 0.251. The van der Waals surface area contributed by atoms with Gasteiger partial charge in [-0.3, -0.25) is 4.79 Å². The lowest BCUT2D eigenvalue weighted by Gasteiger charge is -2.10. The second kappa shape index (κ2) is 4.12. The first-order chi connectivity index (χ1) is 7.56. The van der Waals surface area contributed by atoms with Gasteiger partial charge in [0.05, 0.1) is 6.10 Å². The summed E-state index contributed by atoms with van der Waals surface area (Å²) in [4.78, 5) is 15.3. The topological polar surface area (TPSA) is 65.2 Å². The molecule has 2 N–H and O–H groups in total. The van der Waals surface area contributed by atoms with E-state index in [0.29, 0.717) is 11.9 Å². The lowest BCUT2D eigenvalue weighted by atomic mass is 10.1. The van der Waals surface area contributed by atoms with Gasteiger partial charge in [0.15, 0.2) is 0 Å². The maximum absolute atomic E-state index is 11.1. The van der Waals surface area contributed by atoms with Crippen LogP contribution in [0.25, 0.3) is 0 Å². The monoisotopic (exact) mass is 220 g/mol. The van der Waals surface area contributed by atoms with E-state index in [1.165, 1.54) is 0 Å². The standard InChI is InChI=1S/C12H16N2O2/c1-7(2)10-5-9(16-8-3-4-8)6-11(14-10)12(13)15/h5-8H,3-4H2,1-2H3,(H2,13,15). The van der Waals surface area contributed by atoms with Crippen LogP contribution in [-0.4, -0.2) is 17.0 Å². The molecule has 0 aromatic carbocycles. The molecule has 0 atom stereocenters. The van der Waals surface area contributed by atoms with Gasteiger partial charge in [0.2, 0.25) is 0 Å². The molecule has 4 nitrogen and oxygen atoms in total. The normalized spacial score (nSPS) is 15.2. The second-order valence-electron chi connectivity index (χ2n) is 4.45. The average molecular weight is 220 g/mol. The molecule has 1 aliphatic rings. The Morgan fingerprint density at radius 3 is 2.69 bits per heavy atom. The number of ether oxygens (including phenoxy) is 1. The van der Waals surface area contributed by atoms with E-state index in [-0.39, 0.29) is 11.6 Å². The van der Waals surface area contributed by atoms with Crippen molar-refractivity contribution in [2.75, 3.05) is 0 Å². The van der Waals surface area contributed by atoms with Crippen LogP contribution in [0.15, 0.2) is 12.1 Å². The number of aromatic nitrogens is 1. The second-order valence-corrected chi connectivity index (χ2v) is 4.45. The van der Waals surface area contributed by atoms with Gasteiger partial charge >= 0.3 is 0 Å². The maximum Gasteiger partial charge on any atom is 0.267 e. The summed E-state index contributed by atoms with van der Waals surface area (Å²) in [5.41, 5.74) is 6.36. The highest BCUT2D eigenvalue weighted by molar-refractivity contribution is 5.91. The largest absolute Gasteiger partial charge is 0.490 e. The number of carbonyl (C=O) groups is 1. The van der Waals surface area contributed by atoms with Crippen molar-refractivity contribution in [3.8, 4) is 5.75 Å². The van der Waals surface area contributed by atoms with E-state index in [9.17, 15) is 4.79 Å². The Morgan fingerprint density at radius 2 is 2.19 bits per heavy atom. The van der Waals surface area contributed by atoms with Gasteiger partial charge in [-0.2, -0.15) is 0 Å². The van der Waals surface area contributed by atoms with E-state index in [2.05, 4.69) is 4.98 Å². The van der Waals surface area contributed by atoms with Crippen molar-refractivity contribution >= 4 is 5.91 Å². The van der Waals surface area contributed by atoms with Crippen LogP contribution in [0.3, 0.4) is 0 Å². The summed E-state index contributed by atoms with van der Waals surface area (Å²) in [5.74, 6) is 0.444. The molecule has 1 amide bonds. The summed E-state index contributed by atoms with van der Waals surface area (Å²) in [5, 5.41) is 0. The molecule has 1 aromatic heterocycles. The molecule has 4 heteroatoms. The Morgan fingerprint density at radius 1 is 1.50 bits per heavy atom. The molecule has 86 valence electrons. The number of hydrogen-bond donors (Lipinski definition) is 1. The zero-order valence-corrected chi connectivity index (χ0v) is 9.56. The zero-order valence-electron chi connectivity index (χ0n) is 9.56. The van der Waals surface area contributed by atoms with Crippen molar-refractivity contribution < 1.29 is 9.53 Å². The number of hydrogen-bond acceptors (Lipinski definition) is 3. The van der Waals surface area contributed by atoms with Crippen molar-refractivity contribution in [2.45, 2.75) is 38.7 Å². The predicted octanol–water partition coefficient (Wildman–Crippen LogP) is 1.85. The number of nitrogens with zero attached hydrogens (tertiary/aromatic N) is 1. The SMILES string of the molecule is CC(C)c1cc(OC2CC2)cc(C(N)=O)n1. The van der Waals surface area contributed by atoms with Crippen molar-refractivity contribution in [1.29, 1.82) is 0 Å². The highest BCUT2D eigenvalue weighted by atomic mass is 16.5. The molecule has 0 saturated heterocycles. The molecule has 1 aromatic rings. The average Bonchev–Trinajstić information content (AvgIpc) is 3.01. The van der Waals surface area contributed by atoms with E-state index >= 15 is 0 Å². The molecule has 2 rings (SSSR count). The van der Waals surface area contributed by atoms with E-state index in [0.717, 1.165) is 18.5 Å². The minimum Gasteiger partial charge on any atom is -0.490 e. The minimum atomic E-state index is -0.511. The summed E-state index contributed by atoms with van der Waals surface area (Å²) in [6.07, 6.45) is 2.49. The first-order valence-electron chi connectivity index (χ1n) is 5.54. The quantitative estimate of drug-likeness (QED) is 0.842. The molecule has 1 fully saturated rings. The molecule has 16 heavy (non-hydrogen) atoms. The van der Waals surface area contributed by atoms with Gasteiger partial charge in [0, 0.05) is 17.8 Å². The zero-order chi connectivity index (χ0) is 11.7. The fourth-order valence-corrected chi connectivity index (χ4v) is 1.39. The highest BCUT2D eigenvalue weighted by Crippen LogP contribution is 2.28. The first kappa shape index (κ1) is 10.9.